The molecule has 7 heavy (non-hydrogen) atoms. The third-order valence-electron chi connectivity index (χ3n) is 0.189. The molecule has 0 saturated heterocycles. The molecule has 0 atom stereocenters. The molecule has 0 N–H and O–H groups in total. The van der Waals surface area contributed by atoms with Crippen molar-refractivity contribution in [3.05, 3.63) is 20.2 Å². The van der Waals surface area contributed by atoms with E-state index in [1.54, 1.807) is 0 Å². The van der Waals surface area contributed by atoms with E-state index in [9.17, 15) is 20.2 Å². The Labute approximate surface area is 39.5 Å². The Kier molecular flexibility index (Phi) is 1.17. The summed E-state index contributed by atoms with van der Waals surface area (Å²) in [6.07, 6.45) is 0. The summed E-state index contributed by atoms with van der Waals surface area (Å²) < 4.78 is 6.08. The van der Waals surface area contributed by atoms with Gasteiger partial charge < -0.3 is 0 Å². The third kappa shape index (κ3) is 4.80. The van der Waals surface area contributed by atoms with Crippen molar-refractivity contribution in [1.29, 1.82) is 0 Å². The van der Waals surface area contributed by atoms with Gasteiger partial charge in [-0.15, -0.1) is 0 Å². The lowest BCUT2D eigenvalue weighted by Crippen LogP contribution is -2.10. The first-order valence-electron chi connectivity index (χ1n) is 1.82. The van der Waals surface area contributed by atoms with E-state index >= 15 is 0 Å². The number of nitro groups is 2. The zero-order valence-corrected chi connectivity index (χ0v) is 3.10. The lowest BCUT2D eigenvalue weighted by atomic mass is 11.2. The van der Waals surface area contributed by atoms with Crippen molar-refractivity contribution in [2.75, 3.05) is 6.64 Å². The Bertz CT molecular complexity index is 109. The molecule has 0 aliphatic rings. The van der Waals surface area contributed by atoms with Gasteiger partial charge in [-0.05, 0) is 0 Å². The number of rotatable bonds is 2. The van der Waals surface area contributed by atoms with Crippen LogP contribution in [0.15, 0.2) is 0 Å². The first-order chi connectivity index (χ1) is 3.55. The Balaban J connectivity index is 3.83. The van der Waals surface area contributed by atoms with Gasteiger partial charge in [-0.2, -0.15) is 0 Å². The lowest BCUT2D eigenvalue weighted by Gasteiger charge is -1.79. The Morgan fingerprint density at radius 2 is 1.71 bits per heavy atom. The van der Waals surface area contributed by atoms with Crippen molar-refractivity contribution in [2.24, 2.45) is 0 Å². The molecular weight excluding hydrogens is 104 g/mol. The smallest absolute Gasteiger partial charge is 0.259 e. The first kappa shape index (κ1) is 3.97. The van der Waals surface area contributed by atoms with Crippen LogP contribution >= 0.6 is 0 Å². The van der Waals surface area contributed by atoms with Crippen LogP contribution in [0.3, 0.4) is 0 Å². The average Bonchev–Trinajstić information content (AvgIpc) is 1.64. The summed E-state index contributed by atoms with van der Waals surface area (Å²) in [4.78, 5) is 16.1. The third-order valence-corrected chi connectivity index (χ3v) is 0.189. The Hall–Kier alpha value is -1.20. The van der Waals surface area contributed by atoms with Crippen LogP contribution in [0.4, 0.5) is 0 Å². The van der Waals surface area contributed by atoms with Gasteiger partial charge >= 0.3 is 6.64 Å². The zero-order valence-electron chi connectivity index (χ0n) is 4.10. The molecular formula is CH2N2O4. The van der Waals surface area contributed by atoms with E-state index in [-0.39, 0.29) is 0 Å². The fourth-order valence-corrected chi connectivity index (χ4v) is 0.0770. The van der Waals surface area contributed by atoms with Crippen LogP contribution in [0.1, 0.15) is 1.37 Å². The molecule has 0 bridgehead atoms. The van der Waals surface area contributed by atoms with E-state index in [1.807, 2.05) is 0 Å². The van der Waals surface area contributed by atoms with Gasteiger partial charge in [-0.3, -0.25) is 20.2 Å². The van der Waals surface area contributed by atoms with E-state index < -0.39 is 16.5 Å². The van der Waals surface area contributed by atoms with Crippen LogP contribution in [0.2, 0.25) is 0 Å². The Morgan fingerprint density at radius 3 is 1.71 bits per heavy atom. The maximum absolute atomic E-state index is 9.32. The summed E-state index contributed by atoms with van der Waals surface area (Å²) in [5.74, 6) is 0. The molecule has 0 aliphatic carbocycles. The average molecular weight is 107 g/mol. The van der Waals surface area contributed by atoms with Crippen molar-refractivity contribution in [3.8, 4) is 0 Å². The Morgan fingerprint density at radius 1 is 1.43 bits per heavy atom. The molecule has 40 valence electrons. The second-order valence-electron chi connectivity index (χ2n) is 0.686. The SMILES string of the molecule is [2H]C([N+](=O)[O-])[N+](=O)[O-]. The van der Waals surface area contributed by atoms with Gasteiger partial charge in [0.05, 0.1) is 9.85 Å². The van der Waals surface area contributed by atoms with Gasteiger partial charge in [-0.1, -0.05) is 0 Å². The molecule has 0 aromatic heterocycles. The fourth-order valence-electron chi connectivity index (χ4n) is 0.0770. The summed E-state index contributed by atoms with van der Waals surface area (Å²) >= 11 is 0. The quantitative estimate of drug-likeness (QED) is 0.270. The molecule has 0 radical (unpaired) electrons. The molecule has 0 aliphatic heterocycles. The predicted molar refractivity (Wildman–Crippen MR) is 18.9 cm³/mol. The van der Waals surface area contributed by atoms with Gasteiger partial charge in [-0.25, -0.2) is 0 Å². The number of nitrogens with zero attached hydrogens (tertiary/aromatic N) is 2. The highest BCUT2D eigenvalue weighted by Crippen LogP contribution is 1.66. The van der Waals surface area contributed by atoms with Gasteiger partial charge in [0.2, 0.25) is 1.37 Å². The van der Waals surface area contributed by atoms with Crippen LogP contribution in [-0.4, -0.2) is 16.5 Å². The maximum Gasteiger partial charge on any atom is 0.442 e. The van der Waals surface area contributed by atoms with Crippen molar-refractivity contribution in [2.45, 2.75) is 0 Å². The maximum atomic E-state index is 9.32. The molecule has 0 aromatic carbocycles. The molecule has 6 heteroatoms. The summed E-state index contributed by atoms with van der Waals surface area (Å²) in [7, 11) is 0. The van der Waals surface area contributed by atoms with E-state index in [0.29, 0.717) is 0 Å². The van der Waals surface area contributed by atoms with Crippen LogP contribution in [0.25, 0.3) is 0 Å². The minimum absolute atomic E-state index is 1.29. The lowest BCUT2D eigenvalue weighted by molar-refractivity contribution is -0.689. The summed E-state index contributed by atoms with van der Waals surface area (Å²) in [6.45, 7) is -2.44. The highest BCUT2D eigenvalue weighted by molar-refractivity contribution is 4.04. The van der Waals surface area contributed by atoms with Crippen LogP contribution in [0.5, 0.6) is 0 Å². The topological polar surface area (TPSA) is 86.3 Å². The van der Waals surface area contributed by atoms with Gasteiger partial charge in [0.15, 0.2) is 0 Å². The molecule has 0 saturated carbocycles. The highest BCUT2D eigenvalue weighted by atomic mass is 16.7. The summed E-state index contributed by atoms with van der Waals surface area (Å²) in [6, 6.07) is 0. The van der Waals surface area contributed by atoms with E-state index in [4.69, 9.17) is 1.37 Å². The van der Waals surface area contributed by atoms with Crippen molar-refractivity contribution in [3.63, 3.8) is 0 Å². The van der Waals surface area contributed by atoms with Crippen molar-refractivity contribution in [1.82, 2.24) is 0 Å². The van der Waals surface area contributed by atoms with Crippen molar-refractivity contribution < 1.29 is 11.2 Å². The minimum Gasteiger partial charge on any atom is -0.259 e. The molecule has 0 spiro atoms. The molecule has 0 rings (SSSR count). The van der Waals surface area contributed by atoms with E-state index in [0.717, 1.165) is 0 Å². The normalized spacial score (nSPS) is 10.7. The zero-order chi connectivity index (χ0) is 6.73. The first-order valence-corrected chi connectivity index (χ1v) is 1.25. The number of hydrogen-bond acceptors (Lipinski definition) is 4. The molecule has 0 fully saturated rings. The number of hydrogen-bond donors (Lipinski definition) is 0. The second kappa shape index (κ2) is 2.06. The highest BCUT2D eigenvalue weighted by Gasteiger charge is 2.02. The van der Waals surface area contributed by atoms with Gasteiger partial charge in [0.25, 0.3) is 0 Å². The standard InChI is InChI=1S/CH2N2O4/c4-2(5)1-3(6)7/h1H2/i1D. The largest absolute Gasteiger partial charge is 0.442 e. The molecule has 0 aromatic rings. The fraction of sp³-hybridized carbons (Fsp3) is 1.00. The van der Waals surface area contributed by atoms with Crippen LogP contribution in [0, 0.1) is 20.2 Å². The van der Waals surface area contributed by atoms with Crippen LogP contribution in [-0.2, 0) is 0 Å². The molecule has 6 nitrogen and oxygen atoms in total. The van der Waals surface area contributed by atoms with Crippen LogP contribution < -0.4 is 0 Å². The summed E-state index contributed by atoms with van der Waals surface area (Å²) in [5, 5.41) is 18.6. The van der Waals surface area contributed by atoms with Gasteiger partial charge in [0, 0.05) is 0 Å². The van der Waals surface area contributed by atoms with Gasteiger partial charge in [0.1, 0.15) is 0 Å². The molecule has 0 unspecified atom stereocenters. The second-order valence-corrected chi connectivity index (χ2v) is 0.686. The molecule has 0 amide bonds. The van der Waals surface area contributed by atoms with E-state index in [2.05, 4.69) is 0 Å². The summed E-state index contributed by atoms with van der Waals surface area (Å²) in [5.41, 5.74) is 0. The van der Waals surface area contributed by atoms with E-state index in [1.165, 1.54) is 0 Å². The predicted octanol–water partition coefficient (Wildman–Crippen LogP) is -0.503. The van der Waals surface area contributed by atoms with Crippen molar-refractivity contribution >= 4 is 0 Å². The minimum atomic E-state index is -2.44. The monoisotopic (exact) mass is 107 g/mol. The molecule has 0 heterocycles.